The normalized spacial score (nSPS) is 11.9. The molecule has 6 nitrogen and oxygen atoms in total. The van der Waals surface area contributed by atoms with Gasteiger partial charge in [-0.15, -0.1) is 5.10 Å². The maximum absolute atomic E-state index is 5.51. The van der Waals surface area contributed by atoms with E-state index in [9.17, 15) is 0 Å². The molecule has 0 aliphatic rings. The molecule has 1 aromatic carbocycles. The Kier molecular flexibility index (Phi) is 6.08. The van der Waals surface area contributed by atoms with Crippen LogP contribution in [0.5, 0.6) is 0 Å². The molecular weight excluding hydrogens is 336 g/mol. The number of nitrogens with two attached hydrogens (primary N) is 1. The fraction of sp³-hybridized carbons (Fsp3) is 0.429. The van der Waals surface area contributed by atoms with Gasteiger partial charge in [-0.25, -0.2) is 9.50 Å². The van der Waals surface area contributed by atoms with Crippen LogP contribution in [0.2, 0.25) is 0 Å². The summed E-state index contributed by atoms with van der Waals surface area (Å²) >= 11 is 0. The van der Waals surface area contributed by atoms with Gasteiger partial charge in [0.25, 0.3) is 0 Å². The molecule has 0 fully saturated rings. The Morgan fingerprint density at radius 3 is 2.52 bits per heavy atom. The Hall–Kier alpha value is -2.44. The van der Waals surface area contributed by atoms with Crippen molar-refractivity contribution < 1.29 is 0 Å². The van der Waals surface area contributed by atoms with Gasteiger partial charge in [0.05, 0.1) is 11.9 Å². The predicted octanol–water partition coefficient (Wildman–Crippen LogP) is 3.29. The standard InChI is InChI=1S/C21H30N6/c1-21(2,3)10-12-24-19-8-9-20-25-15-18(27(20)26-19)17-6-4-16(5-7-17)14-23-13-11-22/h4-9,15,23H,10-14,22H2,1-3H3,(H,24,26). The van der Waals surface area contributed by atoms with E-state index in [4.69, 9.17) is 10.8 Å². The third-order valence-corrected chi connectivity index (χ3v) is 4.44. The van der Waals surface area contributed by atoms with Gasteiger partial charge < -0.3 is 16.4 Å². The van der Waals surface area contributed by atoms with Gasteiger partial charge in [-0.3, -0.25) is 0 Å². The van der Waals surface area contributed by atoms with Gasteiger partial charge in [0.15, 0.2) is 5.65 Å². The van der Waals surface area contributed by atoms with E-state index in [1.165, 1.54) is 5.56 Å². The third kappa shape index (κ3) is 5.28. The maximum Gasteiger partial charge on any atom is 0.154 e. The minimum Gasteiger partial charge on any atom is -0.369 e. The van der Waals surface area contributed by atoms with Crippen LogP contribution in [0.3, 0.4) is 0 Å². The maximum atomic E-state index is 5.51. The first-order chi connectivity index (χ1) is 13.0. The van der Waals surface area contributed by atoms with Gasteiger partial charge >= 0.3 is 0 Å². The first kappa shape index (κ1) is 19.3. The zero-order chi connectivity index (χ0) is 19.3. The van der Waals surface area contributed by atoms with Crippen LogP contribution in [-0.2, 0) is 6.54 Å². The smallest absolute Gasteiger partial charge is 0.154 e. The van der Waals surface area contributed by atoms with Crippen molar-refractivity contribution in [3.63, 3.8) is 0 Å². The molecule has 2 heterocycles. The number of nitrogens with zero attached hydrogens (tertiary/aromatic N) is 3. The molecule has 0 aliphatic carbocycles. The van der Waals surface area contributed by atoms with Crippen LogP contribution in [0.1, 0.15) is 32.8 Å². The number of nitrogens with one attached hydrogen (secondary N) is 2. The van der Waals surface area contributed by atoms with Crippen LogP contribution in [0, 0.1) is 5.41 Å². The van der Waals surface area contributed by atoms with Crippen molar-refractivity contribution in [1.82, 2.24) is 19.9 Å². The predicted molar refractivity (Wildman–Crippen MR) is 112 cm³/mol. The molecule has 0 atom stereocenters. The van der Waals surface area contributed by atoms with Gasteiger partial charge in [-0.2, -0.15) is 0 Å². The van der Waals surface area contributed by atoms with Crippen LogP contribution >= 0.6 is 0 Å². The number of aromatic nitrogens is 3. The second-order valence-corrected chi connectivity index (χ2v) is 8.03. The average molecular weight is 367 g/mol. The average Bonchev–Trinajstić information content (AvgIpc) is 3.05. The molecule has 0 amide bonds. The van der Waals surface area contributed by atoms with E-state index in [1.54, 1.807) is 0 Å². The topological polar surface area (TPSA) is 80.3 Å². The highest BCUT2D eigenvalue weighted by Crippen LogP contribution is 2.22. The van der Waals surface area contributed by atoms with Crippen LogP contribution in [-0.4, -0.2) is 34.2 Å². The second-order valence-electron chi connectivity index (χ2n) is 8.03. The Balaban J connectivity index is 1.75. The summed E-state index contributed by atoms with van der Waals surface area (Å²) in [4.78, 5) is 4.49. The van der Waals surface area contributed by atoms with Crippen molar-refractivity contribution in [3.8, 4) is 11.3 Å². The van der Waals surface area contributed by atoms with Crippen molar-refractivity contribution in [1.29, 1.82) is 0 Å². The van der Waals surface area contributed by atoms with Gasteiger partial charge in [0, 0.05) is 31.7 Å². The number of hydrogen-bond acceptors (Lipinski definition) is 5. The van der Waals surface area contributed by atoms with Crippen molar-refractivity contribution in [2.75, 3.05) is 25.0 Å². The van der Waals surface area contributed by atoms with Crippen molar-refractivity contribution >= 4 is 11.5 Å². The lowest BCUT2D eigenvalue weighted by atomic mass is 9.92. The summed E-state index contributed by atoms with van der Waals surface area (Å²) in [7, 11) is 0. The Morgan fingerprint density at radius 2 is 1.81 bits per heavy atom. The molecular formula is C21H30N6. The highest BCUT2D eigenvalue weighted by atomic mass is 15.3. The second kappa shape index (κ2) is 8.50. The number of fused-ring (bicyclic) bond motifs is 1. The minimum atomic E-state index is 0.304. The van der Waals surface area contributed by atoms with E-state index in [0.29, 0.717) is 12.0 Å². The fourth-order valence-electron chi connectivity index (χ4n) is 2.86. The molecule has 6 heteroatoms. The van der Waals surface area contributed by atoms with E-state index in [0.717, 1.165) is 48.8 Å². The molecule has 0 saturated carbocycles. The van der Waals surface area contributed by atoms with E-state index >= 15 is 0 Å². The monoisotopic (exact) mass is 366 g/mol. The van der Waals surface area contributed by atoms with Crippen LogP contribution < -0.4 is 16.4 Å². The fourth-order valence-corrected chi connectivity index (χ4v) is 2.86. The summed E-state index contributed by atoms with van der Waals surface area (Å²) in [6.07, 6.45) is 2.96. The van der Waals surface area contributed by atoms with E-state index in [-0.39, 0.29) is 0 Å². The summed E-state index contributed by atoms with van der Waals surface area (Å²) in [5, 5.41) is 11.5. The molecule has 0 saturated heterocycles. The summed E-state index contributed by atoms with van der Waals surface area (Å²) in [6.45, 7) is 9.93. The van der Waals surface area contributed by atoms with Crippen molar-refractivity contribution in [2.45, 2.75) is 33.7 Å². The molecule has 2 aromatic heterocycles. The van der Waals surface area contributed by atoms with E-state index in [1.807, 2.05) is 22.8 Å². The van der Waals surface area contributed by atoms with Crippen LogP contribution in [0.15, 0.2) is 42.6 Å². The molecule has 0 bridgehead atoms. The molecule has 3 rings (SSSR count). The molecule has 144 valence electrons. The Bertz CT molecular complexity index is 861. The quantitative estimate of drug-likeness (QED) is 0.533. The Labute approximate surface area is 161 Å². The molecule has 3 aromatic rings. The van der Waals surface area contributed by atoms with Gasteiger partial charge in [-0.05, 0) is 29.5 Å². The molecule has 4 N–H and O–H groups in total. The number of benzene rings is 1. The lowest BCUT2D eigenvalue weighted by Crippen LogP contribution is -2.21. The van der Waals surface area contributed by atoms with Gasteiger partial charge in [0.2, 0.25) is 0 Å². The molecule has 27 heavy (non-hydrogen) atoms. The van der Waals surface area contributed by atoms with Gasteiger partial charge in [0.1, 0.15) is 5.82 Å². The Morgan fingerprint density at radius 1 is 1.04 bits per heavy atom. The SMILES string of the molecule is CC(C)(C)CCNc1ccc2ncc(-c3ccc(CNCCN)cc3)n2n1. The highest BCUT2D eigenvalue weighted by Gasteiger charge is 2.11. The first-order valence-electron chi connectivity index (χ1n) is 9.55. The van der Waals surface area contributed by atoms with E-state index < -0.39 is 0 Å². The summed E-state index contributed by atoms with van der Waals surface area (Å²) in [6, 6.07) is 12.5. The van der Waals surface area contributed by atoms with Crippen molar-refractivity contribution in [2.24, 2.45) is 11.1 Å². The number of rotatable bonds is 8. The zero-order valence-corrected chi connectivity index (χ0v) is 16.5. The first-order valence-corrected chi connectivity index (χ1v) is 9.55. The summed E-state index contributed by atoms with van der Waals surface area (Å²) in [5.41, 5.74) is 9.99. The number of imidazole rings is 1. The molecule has 0 unspecified atom stereocenters. The number of anilines is 1. The highest BCUT2D eigenvalue weighted by molar-refractivity contribution is 5.63. The minimum absolute atomic E-state index is 0.304. The summed E-state index contributed by atoms with van der Waals surface area (Å²) < 4.78 is 1.90. The third-order valence-electron chi connectivity index (χ3n) is 4.44. The number of hydrogen-bond donors (Lipinski definition) is 3. The summed E-state index contributed by atoms with van der Waals surface area (Å²) in [5.74, 6) is 0.869. The lowest BCUT2D eigenvalue weighted by Gasteiger charge is -2.18. The van der Waals surface area contributed by atoms with Gasteiger partial charge in [-0.1, -0.05) is 45.0 Å². The molecule has 0 aliphatic heterocycles. The van der Waals surface area contributed by atoms with E-state index in [2.05, 4.69) is 60.7 Å². The van der Waals surface area contributed by atoms with Crippen molar-refractivity contribution in [3.05, 3.63) is 48.2 Å². The molecule has 0 spiro atoms. The molecule has 0 radical (unpaired) electrons. The zero-order valence-electron chi connectivity index (χ0n) is 16.5. The van der Waals surface area contributed by atoms with Crippen LogP contribution in [0.4, 0.5) is 5.82 Å². The van der Waals surface area contributed by atoms with Crippen LogP contribution in [0.25, 0.3) is 16.9 Å². The largest absolute Gasteiger partial charge is 0.369 e. The lowest BCUT2D eigenvalue weighted by molar-refractivity contribution is 0.389.